The second-order valence-electron chi connectivity index (χ2n) is 8.40. The van der Waals surface area contributed by atoms with Gasteiger partial charge in [0.1, 0.15) is 0 Å². The fourth-order valence-corrected chi connectivity index (χ4v) is 6.03. The number of anilines is 1. The number of aromatic amines is 1. The zero-order chi connectivity index (χ0) is 18.8. The number of hydrogen-bond acceptors (Lipinski definition) is 2. The summed E-state index contributed by atoms with van der Waals surface area (Å²) in [6.45, 7) is 0. The lowest BCUT2D eigenvalue weighted by atomic mass is 9.61. The van der Waals surface area contributed by atoms with Crippen LogP contribution >= 0.6 is 0 Å². The number of aromatic nitrogens is 1. The molecule has 2 aliphatic carbocycles. The van der Waals surface area contributed by atoms with Gasteiger partial charge in [-0.3, -0.25) is 9.59 Å². The highest BCUT2D eigenvalue weighted by molar-refractivity contribution is 6.24. The molecule has 0 spiro atoms. The minimum atomic E-state index is -0.380. The number of benzene rings is 2. The Morgan fingerprint density at radius 3 is 2.46 bits per heavy atom. The lowest BCUT2D eigenvalue weighted by Crippen LogP contribution is -2.37. The van der Waals surface area contributed by atoms with Crippen LogP contribution in [0.1, 0.15) is 48.8 Å². The van der Waals surface area contributed by atoms with Gasteiger partial charge in [-0.25, -0.2) is 4.90 Å². The molecule has 6 rings (SSSR count). The van der Waals surface area contributed by atoms with E-state index in [0.29, 0.717) is 11.6 Å². The number of carbonyl (C=O) groups excluding carboxylic acids is 2. The van der Waals surface area contributed by atoms with Gasteiger partial charge in [0, 0.05) is 16.6 Å². The van der Waals surface area contributed by atoms with E-state index in [9.17, 15) is 9.59 Å². The summed E-state index contributed by atoms with van der Waals surface area (Å²) in [6.07, 6.45) is 4.49. The highest BCUT2D eigenvalue weighted by Crippen LogP contribution is 2.57. The van der Waals surface area contributed by atoms with Crippen molar-refractivity contribution in [3.05, 3.63) is 65.9 Å². The summed E-state index contributed by atoms with van der Waals surface area (Å²) in [7, 11) is 0. The predicted octanol–water partition coefficient (Wildman–Crippen LogP) is 4.73. The van der Waals surface area contributed by atoms with Crippen molar-refractivity contribution >= 4 is 28.4 Å². The van der Waals surface area contributed by atoms with Crippen LogP contribution in [0.25, 0.3) is 10.9 Å². The van der Waals surface area contributed by atoms with Crippen molar-refractivity contribution in [1.29, 1.82) is 0 Å². The van der Waals surface area contributed by atoms with Crippen molar-refractivity contribution in [2.24, 2.45) is 11.8 Å². The van der Waals surface area contributed by atoms with E-state index in [4.69, 9.17) is 0 Å². The summed E-state index contributed by atoms with van der Waals surface area (Å²) in [5.74, 6) is -0.0716. The van der Waals surface area contributed by atoms with Crippen molar-refractivity contribution in [2.45, 2.75) is 37.5 Å². The van der Waals surface area contributed by atoms with Crippen LogP contribution < -0.4 is 4.90 Å². The van der Waals surface area contributed by atoms with E-state index in [-0.39, 0.29) is 29.6 Å². The Labute approximate surface area is 163 Å². The topological polar surface area (TPSA) is 53.2 Å². The Hall–Kier alpha value is -2.88. The number of H-pyrrole nitrogens is 1. The molecular weight excluding hydrogens is 348 g/mol. The van der Waals surface area contributed by atoms with Gasteiger partial charge in [0.2, 0.25) is 11.8 Å². The molecule has 0 radical (unpaired) electrons. The van der Waals surface area contributed by atoms with E-state index >= 15 is 0 Å². The molecule has 3 unspecified atom stereocenters. The Bertz CT molecular complexity index is 1100. The van der Waals surface area contributed by atoms with E-state index in [0.717, 1.165) is 30.5 Å². The maximum atomic E-state index is 13.5. The molecular formula is C24H22N2O2. The average molecular weight is 370 g/mol. The maximum Gasteiger partial charge on any atom is 0.243 e. The van der Waals surface area contributed by atoms with Crippen LogP contribution in [0.2, 0.25) is 0 Å². The lowest BCUT2D eigenvalue weighted by molar-refractivity contribution is -0.123. The lowest BCUT2D eigenvalue weighted by Gasteiger charge is -2.41. The summed E-state index contributed by atoms with van der Waals surface area (Å²) < 4.78 is 0. The quantitative estimate of drug-likeness (QED) is 0.630. The van der Waals surface area contributed by atoms with Crippen LogP contribution in [0.4, 0.5) is 5.69 Å². The molecule has 4 nitrogen and oxygen atoms in total. The fraction of sp³-hybridized carbons (Fsp3) is 0.333. The van der Waals surface area contributed by atoms with Gasteiger partial charge in [0.25, 0.3) is 0 Å². The van der Waals surface area contributed by atoms with Gasteiger partial charge in [-0.15, -0.1) is 0 Å². The van der Waals surface area contributed by atoms with Gasteiger partial charge in [-0.05, 0) is 48.4 Å². The molecule has 2 heterocycles. The third-order valence-electron chi connectivity index (χ3n) is 7.10. The molecule has 4 heteroatoms. The zero-order valence-corrected chi connectivity index (χ0v) is 15.6. The molecule has 1 aliphatic heterocycles. The van der Waals surface area contributed by atoms with Crippen LogP contribution in [0, 0.1) is 11.8 Å². The summed E-state index contributed by atoms with van der Waals surface area (Å²) in [4.78, 5) is 32.1. The SMILES string of the molecule is O=C1C2c3[nH]c4ccccc4c3[C@@H]3CCCCC3C2C(=O)N1c1ccccc1. The number of imide groups is 1. The monoisotopic (exact) mass is 370 g/mol. The molecule has 28 heavy (non-hydrogen) atoms. The van der Waals surface area contributed by atoms with Crippen molar-refractivity contribution in [1.82, 2.24) is 4.98 Å². The second-order valence-corrected chi connectivity index (χ2v) is 8.40. The number of nitrogens with zero attached hydrogens (tertiary/aromatic N) is 1. The van der Waals surface area contributed by atoms with Crippen molar-refractivity contribution in [2.75, 3.05) is 4.90 Å². The number of fused-ring (bicyclic) bond motifs is 8. The summed E-state index contributed by atoms with van der Waals surface area (Å²) in [6, 6.07) is 17.7. The second kappa shape index (κ2) is 5.81. The van der Waals surface area contributed by atoms with Gasteiger partial charge in [-0.1, -0.05) is 49.2 Å². The zero-order valence-electron chi connectivity index (χ0n) is 15.6. The summed E-state index contributed by atoms with van der Waals surface area (Å²) in [5, 5.41) is 1.23. The first kappa shape index (κ1) is 16.1. The smallest absolute Gasteiger partial charge is 0.243 e. The fourth-order valence-electron chi connectivity index (χ4n) is 6.03. The molecule has 4 atom stereocenters. The van der Waals surface area contributed by atoms with E-state index in [1.165, 1.54) is 22.3 Å². The standard InChI is InChI=1S/C24H22N2O2/c27-23-20-16-11-5-4-10-15(16)19-17-12-6-7-13-18(17)25-22(19)21(20)24(28)26(23)14-8-2-1-3-9-14/h1-3,6-9,12-13,15-16,20-21,25H,4-5,10-11H2/t15-,16?,20?,21?/m1/s1. The minimum absolute atomic E-state index is 0.0117. The third-order valence-corrected chi connectivity index (χ3v) is 7.10. The molecule has 1 aromatic heterocycles. The van der Waals surface area contributed by atoms with E-state index in [1.54, 1.807) is 0 Å². The number of hydrogen-bond donors (Lipinski definition) is 1. The Balaban J connectivity index is 1.58. The van der Waals surface area contributed by atoms with Gasteiger partial charge in [0.15, 0.2) is 0 Å². The van der Waals surface area contributed by atoms with E-state index in [2.05, 4.69) is 23.2 Å². The first-order chi connectivity index (χ1) is 13.8. The summed E-state index contributed by atoms with van der Waals surface area (Å²) in [5.41, 5.74) is 4.07. The third kappa shape index (κ3) is 2.00. The summed E-state index contributed by atoms with van der Waals surface area (Å²) >= 11 is 0. The molecule has 1 N–H and O–H groups in total. The molecule has 0 bridgehead atoms. The predicted molar refractivity (Wildman–Crippen MR) is 108 cm³/mol. The van der Waals surface area contributed by atoms with Crippen molar-refractivity contribution in [3.63, 3.8) is 0 Å². The normalized spacial score (nSPS) is 28.9. The molecule has 3 aromatic rings. The maximum absolute atomic E-state index is 13.5. The van der Waals surface area contributed by atoms with E-state index in [1.807, 2.05) is 36.4 Å². The molecule has 3 aliphatic rings. The Morgan fingerprint density at radius 1 is 0.857 bits per heavy atom. The van der Waals surface area contributed by atoms with Gasteiger partial charge < -0.3 is 4.98 Å². The molecule has 1 saturated carbocycles. The number of carbonyl (C=O) groups is 2. The Kier molecular flexibility index (Phi) is 3.34. The van der Waals surface area contributed by atoms with E-state index < -0.39 is 0 Å². The van der Waals surface area contributed by atoms with Gasteiger partial charge in [0.05, 0.1) is 17.5 Å². The highest BCUT2D eigenvalue weighted by Gasteiger charge is 2.58. The number of rotatable bonds is 1. The van der Waals surface area contributed by atoms with Crippen molar-refractivity contribution < 1.29 is 9.59 Å². The number of amides is 2. The minimum Gasteiger partial charge on any atom is -0.357 e. The number of nitrogens with one attached hydrogen (secondary N) is 1. The van der Waals surface area contributed by atoms with Crippen LogP contribution in [-0.4, -0.2) is 16.8 Å². The average Bonchev–Trinajstić information content (AvgIpc) is 3.24. The molecule has 2 fully saturated rings. The Morgan fingerprint density at radius 2 is 1.61 bits per heavy atom. The van der Waals surface area contributed by atoms with Gasteiger partial charge in [-0.2, -0.15) is 0 Å². The van der Waals surface area contributed by atoms with Crippen molar-refractivity contribution in [3.8, 4) is 0 Å². The van der Waals surface area contributed by atoms with Crippen LogP contribution in [0.15, 0.2) is 54.6 Å². The van der Waals surface area contributed by atoms with Gasteiger partial charge >= 0.3 is 0 Å². The molecule has 140 valence electrons. The first-order valence-electron chi connectivity index (χ1n) is 10.3. The van der Waals surface area contributed by atoms with Crippen LogP contribution in [0.5, 0.6) is 0 Å². The highest BCUT2D eigenvalue weighted by atomic mass is 16.2. The largest absolute Gasteiger partial charge is 0.357 e. The van der Waals surface area contributed by atoms with Crippen LogP contribution in [-0.2, 0) is 9.59 Å². The number of para-hydroxylation sites is 2. The molecule has 2 aromatic carbocycles. The van der Waals surface area contributed by atoms with Crippen LogP contribution in [0.3, 0.4) is 0 Å². The first-order valence-corrected chi connectivity index (χ1v) is 10.3. The molecule has 2 amide bonds. The molecule has 1 saturated heterocycles.